The molecular formula is C27H34N2O3. The van der Waals surface area contributed by atoms with Gasteiger partial charge in [-0.15, -0.1) is 0 Å². The SMILES string of the molecule is COC1CCC(C(=O)N2CCN(C)C(=O)C2Cc2cccc(-c3ccccc3C)c2)CC1. The summed E-state index contributed by atoms with van der Waals surface area (Å²) in [6, 6.07) is 16.3. The molecule has 1 aliphatic heterocycles. The lowest BCUT2D eigenvalue weighted by Crippen LogP contribution is -2.59. The minimum atomic E-state index is -0.437. The normalized spacial score (nSPS) is 24.0. The number of ether oxygens (including phenoxy) is 1. The summed E-state index contributed by atoms with van der Waals surface area (Å²) in [6.45, 7) is 3.31. The van der Waals surface area contributed by atoms with E-state index in [1.165, 1.54) is 11.1 Å². The maximum absolute atomic E-state index is 13.4. The highest BCUT2D eigenvalue weighted by atomic mass is 16.5. The zero-order valence-corrected chi connectivity index (χ0v) is 19.4. The fraction of sp³-hybridized carbons (Fsp3) is 0.481. The summed E-state index contributed by atoms with van der Waals surface area (Å²) in [5.74, 6) is 0.177. The molecule has 1 saturated carbocycles. The number of amides is 2. The second-order valence-electron chi connectivity index (χ2n) is 9.24. The number of methoxy groups -OCH3 is 1. The van der Waals surface area contributed by atoms with Crippen molar-refractivity contribution in [2.24, 2.45) is 5.92 Å². The van der Waals surface area contributed by atoms with E-state index < -0.39 is 6.04 Å². The Labute approximate surface area is 191 Å². The third-order valence-corrected chi connectivity index (χ3v) is 7.17. The van der Waals surface area contributed by atoms with Gasteiger partial charge in [0.25, 0.3) is 0 Å². The van der Waals surface area contributed by atoms with Crippen LogP contribution in [-0.2, 0) is 20.7 Å². The minimum absolute atomic E-state index is 0.00147. The van der Waals surface area contributed by atoms with E-state index in [4.69, 9.17) is 4.74 Å². The molecule has 0 N–H and O–H groups in total. The topological polar surface area (TPSA) is 49.9 Å². The van der Waals surface area contributed by atoms with Crippen molar-refractivity contribution in [2.75, 3.05) is 27.2 Å². The predicted octanol–water partition coefficient (Wildman–Crippen LogP) is 4.08. The molecule has 0 spiro atoms. The Morgan fingerprint density at radius 1 is 1.03 bits per heavy atom. The number of piperazine rings is 1. The maximum Gasteiger partial charge on any atom is 0.245 e. The van der Waals surface area contributed by atoms with E-state index in [9.17, 15) is 9.59 Å². The minimum Gasteiger partial charge on any atom is -0.381 e. The van der Waals surface area contributed by atoms with Crippen molar-refractivity contribution in [3.8, 4) is 11.1 Å². The van der Waals surface area contributed by atoms with Crippen LogP contribution in [0, 0.1) is 12.8 Å². The number of carbonyl (C=O) groups excluding carboxylic acids is 2. The van der Waals surface area contributed by atoms with Crippen LogP contribution in [0.1, 0.15) is 36.8 Å². The zero-order valence-electron chi connectivity index (χ0n) is 19.4. The molecule has 0 aromatic heterocycles. The highest BCUT2D eigenvalue weighted by molar-refractivity contribution is 5.90. The summed E-state index contributed by atoms with van der Waals surface area (Å²) in [6.07, 6.45) is 4.31. The number of aryl methyl sites for hydroxylation is 1. The molecule has 2 aliphatic rings. The molecule has 1 atom stereocenters. The van der Waals surface area contributed by atoms with E-state index in [0.29, 0.717) is 19.5 Å². The first-order valence-corrected chi connectivity index (χ1v) is 11.7. The fourth-order valence-corrected chi connectivity index (χ4v) is 5.14. The van der Waals surface area contributed by atoms with Gasteiger partial charge >= 0.3 is 0 Å². The van der Waals surface area contributed by atoms with Gasteiger partial charge in [0, 0.05) is 39.6 Å². The Bertz CT molecular complexity index is 965. The van der Waals surface area contributed by atoms with Crippen LogP contribution in [0.3, 0.4) is 0 Å². The number of hydrogen-bond acceptors (Lipinski definition) is 3. The lowest BCUT2D eigenvalue weighted by molar-refractivity contribution is -0.153. The van der Waals surface area contributed by atoms with Crippen molar-refractivity contribution in [3.05, 3.63) is 59.7 Å². The van der Waals surface area contributed by atoms with Gasteiger partial charge in [-0.25, -0.2) is 0 Å². The molecule has 4 rings (SSSR count). The average molecular weight is 435 g/mol. The van der Waals surface area contributed by atoms with Crippen LogP contribution in [0.4, 0.5) is 0 Å². The molecule has 2 aromatic carbocycles. The summed E-state index contributed by atoms with van der Waals surface area (Å²) >= 11 is 0. The van der Waals surface area contributed by atoms with E-state index >= 15 is 0 Å². The van der Waals surface area contributed by atoms with Gasteiger partial charge in [0.15, 0.2) is 0 Å². The molecule has 2 fully saturated rings. The Kier molecular flexibility index (Phi) is 6.95. The third kappa shape index (κ3) is 4.73. The summed E-state index contributed by atoms with van der Waals surface area (Å²) in [5.41, 5.74) is 4.65. The molecular weight excluding hydrogens is 400 g/mol. The van der Waals surface area contributed by atoms with Gasteiger partial charge in [-0.1, -0.05) is 48.5 Å². The number of benzene rings is 2. The van der Waals surface area contributed by atoms with Gasteiger partial charge in [-0.3, -0.25) is 9.59 Å². The number of hydrogen-bond donors (Lipinski definition) is 0. The highest BCUT2D eigenvalue weighted by Crippen LogP contribution is 2.30. The van der Waals surface area contributed by atoms with E-state index in [1.54, 1.807) is 12.0 Å². The Hall–Kier alpha value is -2.66. The molecule has 170 valence electrons. The number of nitrogens with zero attached hydrogens (tertiary/aromatic N) is 2. The Balaban J connectivity index is 1.55. The first kappa shape index (κ1) is 22.5. The molecule has 5 nitrogen and oxygen atoms in total. The standard InChI is InChI=1S/C27H34N2O3/c1-19-7-4-5-10-24(19)22-9-6-8-20(17-22)18-25-27(31)28(2)15-16-29(25)26(30)21-11-13-23(32-3)14-12-21/h4-10,17,21,23,25H,11-16,18H2,1-3H3. The van der Waals surface area contributed by atoms with E-state index in [-0.39, 0.29) is 23.8 Å². The quantitative estimate of drug-likeness (QED) is 0.713. The molecule has 32 heavy (non-hydrogen) atoms. The van der Waals surface area contributed by atoms with E-state index in [0.717, 1.165) is 36.8 Å². The van der Waals surface area contributed by atoms with Crippen LogP contribution in [0.15, 0.2) is 48.5 Å². The second kappa shape index (κ2) is 9.86. The lowest BCUT2D eigenvalue weighted by Gasteiger charge is -2.41. The van der Waals surface area contributed by atoms with Crippen molar-refractivity contribution < 1.29 is 14.3 Å². The van der Waals surface area contributed by atoms with Crippen LogP contribution < -0.4 is 0 Å². The molecule has 5 heteroatoms. The van der Waals surface area contributed by atoms with Gasteiger partial charge in [0.1, 0.15) is 6.04 Å². The van der Waals surface area contributed by atoms with Gasteiger partial charge in [0.05, 0.1) is 6.10 Å². The number of rotatable bonds is 5. The molecule has 1 aliphatic carbocycles. The Morgan fingerprint density at radius 2 is 1.78 bits per heavy atom. The third-order valence-electron chi connectivity index (χ3n) is 7.17. The van der Waals surface area contributed by atoms with Crippen molar-refractivity contribution in [1.82, 2.24) is 9.80 Å². The van der Waals surface area contributed by atoms with Gasteiger partial charge in [-0.05, 0) is 54.9 Å². The lowest BCUT2D eigenvalue weighted by atomic mass is 9.85. The van der Waals surface area contributed by atoms with Crippen LogP contribution in [0.5, 0.6) is 0 Å². The van der Waals surface area contributed by atoms with Crippen molar-refractivity contribution >= 4 is 11.8 Å². The monoisotopic (exact) mass is 434 g/mol. The number of carbonyl (C=O) groups is 2. The van der Waals surface area contributed by atoms with E-state index in [1.807, 2.05) is 30.1 Å². The second-order valence-corrected chi connectivity index (χ2v) is 9.24. The summed E-state index contributed by atoms with van der Waals surface area (Å²) < 4.78 is 5.47. The van der Waals surface area contributed by atoms with E-state index in [2.05, 4.69) is 37.3 Å². The highest BCUT2D eigenvalue weighted by Gasteiger charge is 2.39. The molecule has 0 bridgehead atoms. The van der Waals surface area contributed by atoms with Crippen molar-refractivity contribution in [2.45, 2.75) is 51.2 Å². The average Bonchev–Trinajstić information content (AvgIpc) is 2.82. The largest absolute Gasteiger partial charge is 0.381 e. The first-order valence-electron chi connectivity index (χ1n) is 11.7. The van der Waals surface area contributed by atoms with Gasteiger partial charge in [0.2, 0.25) is 11.8 Å². The van der Waals surface area contributed by atoms with Gasteiger partial charge < -0.3 is 14.5 Å². The molecule has 1 saturated heterocycles. The first-order chi connectivity index (χ1) is 15.5. The molecule has 1 heterocycles. The summed E-state index contributed by atoms with van der Waals surface area (Å²) in [5, 5.41) is 0. The van der Waals surface area contributed by atoms with Crippen LogP contribution in [0.2, 0.25) is 0 Å². The molecule has 0 radical (unpaired) electrons. The molecule has 2 aromatic rings. The molecule has 1 unspecified atom stereocenters. The number of likely N-dealkylation sites (N-methyl/N-ethyl adjacent to an activating group) is 1. The van der Waals surface area contributed by atoms with Crippen LogP contribution in [0.25, 0.3) is 11.1 Å². The maximum atomic E-state index is 13.4. The summed E-state index contributed by atoms with van der Waals surface area (Å²) in [4.78, 5) is 30.2. The van der Waals surface area contributed by atoms with Crippen molar-refractivity contribution in [3.63, 3.8) is 0 Å². The zero-order chi connectivity index (χ0) is 22.7. The smallest absolute Gasteiger partial charge is 0.245 e. The predicted molar refractivity (Wildman–Crippen MR) is 126 cm³/mol. The Morgan fingerprint density at radius 3 is 2.50 bits per heavy atom. The fourth-order valence-electron chi connectivity index (χ4n) is 5.14. The van der Waals surface area contributed by atoms with Gasteiger partial charge in [-0.2, -0.15) is 0 Å². The van der Waals surface area contributed by atoms with Crippen LogP contribution in [-0.4, -0.2) is 61.0 Å². The van der Waals surface area contributed by atoms with Crippen LogP contribution >= 0.6 is 0 Å². The van der Waals surface area contributed by atoms with Crippen molar-refractivity contribution in [1.29, 1.82) is 0 Å². The molecule has 2 amide bonds. The summed E-state index contributed by atoms with van der Waals surface area (Å²) in [7, 11) is 3.58.